The number of hydrogen-bond acceptors (Lipinski definition) is 2. The van der Waals surface area contributed by atoms with E-state index in [0.29, 0.717) is 5.75 Å². The first kappa shape index (κ1) is 11.6. The van der Waals surface area contributed by atoms with E-state index in [4.69, 9.17) is 0 Å². The second-order valence-corrected chi connectivity index (χ2v) is 4.20. The fraction of sp³-hybridized carbons (Fsp3) is 0.300. The first-order chi connectivity index (χ1) is 6.77. The minimum atomic E-state index is 0.0471. The van der Waals surface area contributed by atoms with Gasteiger partial charge in [-0.3, -0.25) is 4.79 Å². The molecule has 14 heavy (non-hydrogen) atoms. The Hall–Kier alpha value is -0.480. The average molecular weight is 274 g/mol. The van der Waals surface area contributed by atoms with Crippen LogP contribution in [-0.2, 0) is 10.1 Å². The number of alkyl halides is 1. The normalized spacial score (nSPS) is 9.86. The maximum atomic E-state index is 11.3. The van der Waals surface area contributed by atoms with Crippen molar-refractivity contribution in [1.29, 1.82) is 0 Å². The third-order valence-electron chi connectivity index (χ3n) is 1.71. The molecule has 0 saturated heterocycles. The van der Waals surface area contributed by atoms with E-state index in [-0.39, 0.29) is 5.91 Å². The van der Waals surface area contributed by atoms with Gasteiger partial charge in [0.25, 0.3) is 0 Å². The highest BCUT2D eigenvalue weighted by atomic mass is 79.9. The summed E-state index contributed by atoms with van der Waals surface area (Å²) in [7, 11) is 0. The van der Waals surface area contributed by atoms with Gasteiger partial charge in [0.2, 0.25) is 5.91 Å². The van der Waals surface area contributed by atoms with Gasteiger partial charge in [-0.2, -0.15) is 11.8 Å². The van der Waals surface area contributed by atoms with Crippen LogP contribution in [0, 0.1) is 0 Å². The molecule has 0 aliphatic heterocycles. The molecule has 1 rings (SSSR count). The van der Waals surface area contributed by atoms with Gasteiger partial charge in [-0.05, 0) is 17.9 Å². The van der Waals surface area contributed by atoms with Crippen LogP contribution in [0.3, 0.4) is 0 Å². The summed E-state index contributed by atoms with van der Waals surface area (Å²) in [5.74, 6) is 0.544. The fourth-order valence-corrected chi connectivity index (χ4v) is 1.90. The summed E-state index contributed by atoms with van der Waals surface area (Å²) < 4.78 is 0. The Labute approximate surface area is 96.6 Å². The number of thioether (sulfide) groups is 1. The molecular weight excluding hydrogens is 262 g/mol. The van der Waals surface area contributed by atoms with Crippen molar-refractivity contribution in [2.24, 2.45) is 0 Å². The molecule has 0 aliphatic carbocycles. The summed E-state index contributed by atoms with van der Waals surface area (Å²) >= 11 is 4.90. The second-order valence-electron chi connectivity index (χ2n) is 2.77. The summed E-state index contributed by atoms with van der Waals surface area (Å²) in [6.07, 6.45) is 1.91. The molecule has 0 saturated carbocycles. The topological polar surface area (TPSA) is 29.1 Å². The number of hydrogen-bond donors (Lipinski definition) is 1. The first-order valence-corrected chi connectivity index (χ1v) is 6.72. The molecular formula is C10H12BrNOS. The zero-order chi connectivity index (χ0) is 10.4. The molecule has 0 bridgehead atoms. The fourth-order valence-electron chi connectivity index (χ4n) is 1.08. The molecule has 0 heterocycles. The zero-order valence-corrected chi connectivity index (χ0v) is 10.3. The zero-order valence-electron chi connectivity index (χ0n) is 7.92. The van der Waals surface area contributed by atoms with Crippen LogP contribution < -0.4 is 5.32 Å². The number of nitrogens with one attached hydrogen (secondary N) is 1. The van der Waals surface area contributed by atoms with Crippen molar-refractivity contribution in [1.82, 2.24) is 0 Å². The highest BCUT2D eigenvalue weighted by Crippen LogP contribution is 2.17. The van der Waals surface area contributed by atoms with Crippen LogP contribution in [0.5, 0.6) is 0 Å². The largest absolute Gasteiger partial charge is 0.325 e. The van der Waals surface area contributed by atoms with E-state index in [9.17, 15) is 4.79 Å². The molecule has 4 heteroatoms. The van der Waals surface area contributed by atoms with Crippen molar-refractivity contribution in [3.8, 4) is 0 Å². The number of benzene rings is 1. The Bertz CT molecular complexity index is 317. The molecule has 1 amide bonds. The number of amides is 1. The molecule has 0 atom stereocenters. The molecule has 0 aromatic heterocycles. The number of halogens is 1. The van der Waals surface area contributed by atoms with Gasteiger partial charge < -0.3 is 5.32 Å². The molecule has 1 N–H and O–H groups in total. The Morgan fingerprint density at radius 2 is 2.21 bits per heavy atom. The predicted octanol–water partition coefficient (Wildman–Crippen LogP) is 2.88. The van der Waals surface area contributed by atoms with Crippen molar-refractivity contribution >= 4 is 39.3 Å². The van der Waals surface area contributed by atoms with Crippen LogP contribution in [0.1, 0.15) is 5.56 Å². The SMILES string of the molecule is CSCC(=O)Nc1ccccc1CBr. The van der Waals surface area contributed by atoms with Gasteiger partial charge in [-0.1, -0.05) is 34.1 Å². The molecule has 0 aliphatic rings. The van der Waals surface area contributed by atoms with Crippen LogP contribution >= 0.6 is 27.7 Å². The maximum absolute atomic E-state index is 11.3. The standard InChI is InChI=1S/C10H12BrNOS/c1-14-7-10(13)12-9-5-3-2-4-8(9)6-11/h2-5H,6-7H2,1H3,(H,12,13). The second kappa shape index (κ2) is 6.09. The Morgan fingerprint density at radius 1 is 1.50 bits per heavy atom. The molecule has 2 nitrogen and oxygen atoms in total. The maximum Gasteiger partial charge on any atom is 0.234 e. The van der Waals surface area contributed by atoms with Crippen LogP contribution in [0.2, 0.25) is 0 Å². The lowest BCUT2D eigenvalue weighted by molar-refractivity contribution is -0.113. The summed E-state index contributed by atoms with van der Waals surface area (Å²) in [6.45, 7) is 0. The number of carbonyl (C=O) groups is 1. The number of anilines is 1. The molecule has 76 valence electrons. The highest BCUT2D eigenvalue weighted by molar-refractivity contribution is 9.08. The Morgan fingerprint density at radius 3 is 2.86 bits per heavy atom. The molecule has 0 radical (unpaired) electrons. The van der Waals surface area contributed by atoms with E-state index >= 15 is 0 Å². The summed E-state index contributed by atoms with van der Waals surface area (Å²) in [4.78, 5) is 11.3. The Balaban J connectivity index is 2.70. The summed E-state index contributed by atoms with van der Waals surface area (Å²) in [5, 5.41) is 3.63. The van der Waals surface area contributed by atoms with Gasteiger partial charge >= 0.3 is 0 Å². The van der Waals surface area contributed by atoms with Gasteiger partial charge in [0, 0.05) is 11.0 Å². The van der Waals surface area contributed by atoms with E-state index in [1.165, 1.54) is 11.8 Å². The van der Waals surface area contributed by atoms with Crippen LogP contribution in [0.4, 0.5) is 5.69 Å². The van der Waals surface area contributed by atoms with Gasteiger partial charge in [0.15, 0.2) is 0 Å². The quantitative estimate of drug-likeness (QED) is 0.855. The van der Waals surface area contributed by atoms with E-state index in [1.807, 2.05) is 30.5 Å². The lowest BCUT2D eigenvalue weighted by atomic mass is 10.2. The molecule has 0 unspecified atom stereocenters. The van der Waals surface area contributed by atoms with Crippen LogP contribution in [-0.4, -0.2) is 17.9 Å². The molecule has 1 aromatic carbocycles. The lowest BCUT2D eigenvalue weighted by Gasteiger charge is -2.07. The van der Waals surface area contributed by atoms with Gasteiger partial charge in [0.05, 0.1) is 5.75 Å². The number of carbonyl (C=O) groups excluding carboxylic acids is 1. The van der Waals surface area contributed by atoms with Gasteiger partial charge in [-0.25, -0.2) is 0 Å². The minimum absolute atomic E-state index is 0.0471. The third-order valence-corrected chi connectivity index (χ3v) is 2.87. The Kier molecular flexibility index (Phi) is 5.04. The highest BCUT2D eigenvalue weighted by Gasteiger charge is 2.04. The van der Waals surface area contributed by atoms with Gasteiger partial charge in [0.1, 0.15) is 0 Å². The van der Waals surface area contributed by atoms with Crippen LogP contribution in [0.15, 0.2) is 24.3 Å². The van der Waals surface area contributed by atoms with Crippen molar-refractivity contribution in [2.75, 3.05) is 17.3 Å². The first-order valence-electron chi connectivity index (χ1n) is 4.20. The lowest BCUT2D eigenvalue weighted by Crippen LogP contribution is -2.14. The van der Waals surface area contributed by atoms with Crippen molar-refractivity contribution < 1.29 is 4.79 Å². The van der Waals surface area contributed by atoms with E-state index in [1.54, 1.807) is 0 Å². The van der Waals surface area contributed by atoms with E-state index in [0.717, 1.165) is 16.6 Å². The van der Waals surface area contributed by atoms with Crippen molar-refractivity contribution in [2.45, 2.75) is 5.33 Å². The third kappa shape index (κ3) is 3.35. The summed E-state index contributed by atoms with van der Waals surface area (Å²) in [6, 6.07) is 7.78. The summed E-state index contributed by atoms with van der Waals surface area (Å²) in [5.41, 5.74) is 1.99. The predicted molar refractivity (Wildman–Crippen MR) is 66.1 cm³/mol. The molecule has 0 fully saturated rings. The number of rotatable bonds is 4. The molecule has 0 spiro atoms. The van der Waals surface area contributed by atoms with Gasteiger partial charge in [-0.15, -0.1) is 0 Å². The average Bonchev–Trinajstić information content (AvgIpc) is 2.19. The minimum Gasteiger partial charge on any atom is -0.325 e. The smallest absolute Gasteiger partial charge is 0.234 e. The number of para-hydroxylation sites is 1. The van der Waals surface area contributed by atoms with Crippen molar-refractivity contribution in [3.05, 3.63) is 29.8 Å². The van der Waals surface area contributed by atoms with Crippen molar-refractivity contribution in [3.63, 3.8) is 0 Å². The monoisotopic (exact) mass is 273 g/mol. The van der Waals surface area contributed by atoms with E-state index < -0.39 is 0 Å². The van der Waals surface area contributed by atoms with E-state index in [2.05, 4.69) is 21.2 Å². The van der Waals surface area contributed by atoms with Crippen LogP contribution in [0.25, 0.3) is 0 Å². The molecule has 1 aromatic rings.